The highest BCUT2D eigenvalue weighted by Gasteiger charge is 2.28. The van der Waals surface area contributed by atoms with Gasteiger partial charge in [0, 0.05) is 19.5 Å². The molecule has 0 saturated carbocycles. The first-order valence-corrected chi connectivity index (χ1v) is 7.03. The molecule has 2 unspecified atom stereocenters. The summed E-state index contributed by atoms with van der Waals surface area (Å²) in [6, 6.07) is 7.69. The molecule has 2 aliphatic rings. The normalized spacial score (nSPS) is 25.6. The van der Waals surface area contributed by atoms with Crippen LogP contribution in [0.5, 0.6) is 11.5 Å². The van der Waals surface area contributed by atoms with Gasteiger partial charge in [0.25, 0.3) is 0 Å². The molecular formula is C15H19NO4. The second-order valence-electron chi connectivity index (χ2n) is 5.51. The Hall–Kier alpha value is -1.75. The van der Waals surface area contributed by atoms with E-state index in [0.29, 0.717) is 6.61 Å². The third kappa shape index (κ3) is 3.04. The highest BCUT2D eigenvalue weighted by atomic mass is 16.6. The molecule has 0 spiro atoms. The quantitative estimate of drug-likeness (QED) is 0.906. The molecule has 1 fully saturated rings. The van der Waals surface area contributed by atoms with Crippen LogP contribution >= 0.6 is 0 Å². The lowest BCUT2D eigenvalue weighted by Crippen LogP contribution is -2.40. The number of hydrogen-bond donors (Lipinski definition) is 1. The van der Waals surface area contributed by atoms with Gasteiger partial charge in [-0.05, 0) is 31.0 Å². The van der Waals surface area contributed by atoms with Gasteiger partial charge in [-0.15, -0.1) is 0 Å². The predicted octanol–water partition coefficient (Wildman–Crippen LogP) is 1.62. The molecule has 2 heterocycles. The molecule has 1 aromatic carbocycles. The minimum absolute atomic E-state index is 0.0217. The fourth-order valence-corrected chi connectivity index (χ4v) is 2.93. The van der Waals surface area contributed by atoms with Crippen molar-refractivity contribution in [3.63, 3.8) is 0 Å². The number of benzene rings is 1. The maximum Gasteiger partial charge on any atom is 0.303 e. The number of carboxylic acids is 1. The Balaban J connectivity index is 1.52. The molecular weight excluding hydrogens is 258 g/mol. The Labute approximate surface area is 118 Å². The third-order valence-electron chi connectivity index (χ3n) is 3.86. The summed E-state index contributed by atoms with van der Waals surface area (Å²) in [5, 5.41) is 8.83. The van der Waals surface area contributed by atoms with Crippen molar-refractivity contribution in [2.45, 2.75) is 18.9 Å². The molecule has 2 atom stereocenters. The summed E-state index contributed by atoms with van der Waals surface area (Å²) in [6.07, 6.45) is 1.24. The molecule has 5 heteroatoms. The molecule has 5 nitrogen and oxygen atoms in total. The largest absolute Gasteiger partial charge is 0.486 e. The van der Waals surface area contributed by atoms with Crippen LogP contribution in [-0.4, -0.2) is 48.3 Å². The zero-order valence-electron chi connectivity index (χ0n) is 11.3. The van der Waals surface area contributed by atoms with E-state index in [2.05, 4.69) is 4.90 Å². The van der Waals surface area contributed by atoms with Gasteiger partial charge < -0.3 is 14.6 Å². The van der Waals surface area contributed by atoms with E-state index in [1.165, 1.54) is 0 Å². The Bertz CT molecular complexity index is 491. The number of nitrogens with zero attached hydrogens (tertiary/aromatic N) is 1. The molecule has 3 rings (SSSR count). The first-order chi connectivity index (χ1) is 9.70. The van der Waals surface area contributed by atoms with Crippen molar-refractivity contribution < 1.29 is 19.4 Å². The first-order valence-electron chi connectivity index (χ1n) is 7.03. The summed E-state index contributed by atoms with van der Waals surface area (Å²) in [5.41, 5.74) is 0. The lowest BCUT2D eigenvalue weighted by Gasteiger charge is -2.29. The molecule has 0 radical (unpaired) electrons. The fraction of sp³-hybridized carbons (Fsp3) is 0.533. The van der Waals surface area contributed by atoms with E-state index in [-0.39, 0.29) is 18.4 Å². The van der Waals surface area contributed by atoms with Crippen molar-refractivity contribution in [2.24, 2.45) is 5.92 Å². The van der Waals surface area contributed by atoms with E-state index >= 15 is 0 Å². The lowest BCUT2D eigenvalue weighted by atomic mass is 10.1. The Morgan fingerprint density at radius 2 is 2.15 bits per heavy atom. The van der Waals surface area contributed by atoms with E-state index in [9.17, 15) is 4.79 Å². The topological polar surface area (TPSA) is 59.0 Å². The SMILES string of the molecule is O=C(O)CC1CCN(CC2COc3ccccc3O2)C1. The van der Waals surface area contributed by atoms with Crippen molar-refractivity contribution in [3.8, 4) is 11.5 Å². The minimum atomic E-state index is -0.706. The molecule has 1 saturated heterocycles. The number of para-hydroxylation sites is 2. The number of fused-ring (bicyclic) bond motifs is 1. The average molecular weight is 277 g/mol. The summed E-state index contributed by atoms with van der Waals surface area (Å²) in [7, 11) is 0. The second kappa shape index (κ2) is 5.71. The maximum atomic E-state index is 10.7. The molecule has 0 aliphatic carbocycles. The second-order valence-corrected chi connectivity index (χ2v) is 5.51. The Kier molecular flexibility index (Phi) is 3.78. The van der Waals surface area contributed by atoms with Gasteiger partial charge in [-0.1, -0.05) is 12.1 Å². The predicted molar refractivity (Wildman–Crippen MR) is 73.2 cm³/mol. The van der Waals surface area contributed by atoms with Crippen LogP contribution in [0.15, 0.2) is 24.3 Å². The number of likely N-dealkylation sites (tertiary alicyclic amines) is 1. The van der Waals surface area contributed by atoms with Gasteiger partial charge in [-0.2, -0.15) is 0 Å². The fourth-order valence-electron chi connectivity index (χ4n) is 2.93. The van der Waals surface area contributed by atoms with Crippen LogP contribution in [-0.2, 0) is 4.79 Å². The van der Waals surface area contributed by atoms with Crippen molar-refractivity contribution >= 4 is 5.97 Å². The molecule has 0 aromatic heterocycles. The van der Waals surface area contributed by atoms with Gasteiger partial charge in [-0.25, -0.2) is 0 Å². The zero-order chi connectivity index (χ0) is 13.9. The molecule has 108 valence electrons. The smallest absolute Gasteiger partial charge is 0.303 e. The Morgan fingerprint density at radius 1 is 1.35 bits per heavy atom. The number of hydrogen-bond acceptors (Lipinski definition) is 4. The van der Waals surface area contributed by atoms with Crippen molar-refractivity contribution in [1.82, 2.24) is 4.90 Å². The number of ether oxygens (including phenoxy) is 2. The maximum absolute atomic E-state index is 10.7. The van der Waals surface area contributed by atoms with Crippen molar-refractivity contribution in [2.75, 3.05) is 26.2 Å². The van der Waals surface area contributed by atoms with Crippen LogP contribution in [0.1, 0.15) is 12.8 Å². The van der Waals surface area contributed by atoms with Gasteiger partial charge in [0.1, 0.15) is 12.7 Å². The summed E-state index contributed by atoms with van der Waals surface area (Å²) < 4.78 is 11.6. The van der Waals surface area contributed by atoms with Crippen LogP contribution in [0.3, 0.4) is 0 Å². The van der Waals surface area contributed by atoms with Crippen molar-refractivity contribution in [3.05, 3.63) is 24.3 Å². The van der Waals surface area contributed by atoms with E-state index in [0.717, 1.165) is 37.6 Å². The Morgan fingerprint density at radius 3 is 2.95 bits per heavy atom. The van der Waals surface area contributed by atoms with Crippen LogP contribution in [0.4, 0.5) is 0 Å². The number of aliphatic carboxylic acids is 1. The lowest BCUT2D eigenvalue weighted by molar-refractivity contribution is -0.138. The summed E-state index contributed by atoms with van der Waals surface area (Å²) in [6.45, 7) is 3.13. The number of rotatable bonds is 4. The van der Waals surface area contributed by atoms with Crippen LogP contribution < -0.4 is 9.47 Å². The standard InChI is InChI=1S/C15H19NO4/c17-15(18)7-11-5-6-16(8-11)9-12-10-19-13-3-1-2-4-14(13)20-12/h1-4,11-12H,5-10H2,(H,17,18). The van der Waals surface area contributed by atoms with Crippen molar-refractivity contribution in [1.29, 1.82) is 0 Å². The summed E-state index contributed by atoms with van der Waals surface area (Å²) >= 11 is 0. The van der Waals surface area contributed by atoms with Crippen LogP contribution in [0.25, 0.3) is 0 Å². The minimum Gasteiger partial charge on any atom is -0.486 e. The molecule has 1 N–H and O–H groups in total. The van der Waals surface area contributed by atoms with E-state index < -0.39 is 5.97 Å². The van der Waals surface area contributed by atoms with Gasteiger partial charge >= 0.3 is 5.97 Å². The highest BCUT2D eigenvalue weighted by molar-refractivity contribution is 5.67. The molecule has 1 aromatic rings. The monoisotopic (exact) mass is 277 g/mol. The van der Waals surface area contributed by atoms with E-state index in [1.54, 1.807) is 0 Å². The van der Waals surface area contributed by atoms with Gasteiger partial charge in [0.2, 0.25) is 0 Å². The average Bonchev–Trinajstić information content (AvgIpc) is 2.85. The molecule has 2 aliphatic heterocycles. The highest BCUT2D eigenvalue weighted by Crippen LogP contribution is 2.31. The van der Waals surface area contributed by atoms with Gasteiger partial charge in [-0.3, -0.25) is 9.69 Å². The third-order valence-corrected chi connectivity index (χ3v) is 3.86. The molecule has 0 bridgehead atoms. The summed E-state index contributed by atoms with van der Waals surface area (Å²) in [4.78, 5) is 13.0. The van der Waals surface area contributed by atoms with E-state index in [4.69, 9.17) is 14.6 Å². The molecule has 0 amide bonds. The number of carbonyl (C=O) groups is 1. The number of carboxylic acid groups (broad SMARTS) is 1. The van der Waals surface area contributed by atoms with Gasteiger partial charge in [0.05, 0.1) is 0 Å². The zero-order valence-corrected chi connectivity index (χ0v) is 11.3. The van der Waals surface area contributed by atoms with E-state index in [1.807, 2.05) is 24.3 Å². The summed E-state index contributed by atoms with van der Waals surface area (Å²) in [5.74, 6) is 1.16. The molecule has 20 heavy (non-hydrogen) atoms. The van der Waals surface area contributed by atoms with Crippen LogP contribution in [0.2, 0.25) is 0 Å². The van der Waals surface area contributed by atoms with Crippen LogP contribution in [0, 0.1) is 5.92 Å². The van der Waals surface area contributed by atoms with Gasteiger partial charge in [0.15, 0.2) is 11.5 Å². The first kappa shape index (κ1) is 13.2.